The first kappa shape index (κ1) is 13.9. The van der Waals surface area contributed by atoms with Crippen LogP contribution in [-0.4, -0.2) is 18.3 Å². The van der Waals surface area contributed by atoms with Crippen LogP contribution in [0, 0.1) is 5.41 Å². The van der Waals surface area contributed by atoms with Crippen molar-refractivity contribution in [2.75, 3.05) is 6.61 Å². The zero-order valence-electron chi connectivity index (χ0n) is 9.86. The highest BCUT2D eigenvalue weighted by molar-refractivity contribution is 5.30. The van der Waals surface area contributed by atoms with Crippen molar-refractivity contribution in [3.8, 4) is 5.75 Å². The fraction of sp³-hybridized carbons (Fsp3) is 0.500. The number of benzene rings is 1. The summed E-state index contributed by atoms with van der Waals surface area (Å²) in [6, 6.07) is 5.76. The molecule has 0 aliphatic rings. The van der Waals surface area contributed by atoms with Crippen LogP contribution in [0.4, 0.5) is 8.78 Å². The van der Waals surface area contributed by atoms with Gasteiger partial charge in [0.25, 0.3) is 0 Å². The van der Waals surface area contributed by atoms with Crippen LogP contribution < -0.4 is 10.5 Å². The molecule has 0 bridgehead atoms. The smallest absolute Gasteiger partial charge is 0.387 e. The predicted molar refractivity (Wildman–Crippen MR) is 60.9 cm³/mol. The molecule has 0 amide bonds. The molecule has 0 fully saturated rings. The number of nitrogens with two attached hydrogens (primary N) is 1. The molecule has 0 aromatic heterocycles. The molecule has 0 aliphatic carbocycles. The molecule has 0 spiro atoms. The van der Waals surface area contributed by atoms with Crippen molar-refractivity contribution in [1.82, 2.24) is 0 Å². The van der Waals surface area contributed by atoms with Crippen molar-refractivity contribution in [2.24, 2.45) is 11.1 Å². The zero-order chi connectivity index (χ0) is 13.1. The summed E-state index contributed by atoms with van der Waals surface area (Å²) in [4.78, 5) is 0. The van der Waals surface area contributed by atoms with Gasteiger partial charge in [0.1, 0.15) is 5.75 Å². The number of hydrogen-bond donors (Lipinski definition) is 2. The molecule has 96 valence electrons. The predicted octanol–water partition coefficient (Wildman–Crippen LogP) is 2.31. The summed E-state index contributed by atoms with van der Waals surface area (Å²) in [6.45, 7) is 0.787. The summed E-state index contributed by atoms with van der Waals surface area (Å²) < 4.78 is 28.1. The van der Waals surface area contributed by atoms with Gasteiger partial charge >= 0.3 is 6.61 Å². The van der Waals surface area contributed by atoms with E-state index in [2.05, 4.69) is 4.74 Å². The summed E-state index contributed by atoms with van der Waals surface area (Å²) in [5.41, 5.74) is 6.29. The second kappa shape index (κ2) is 5.42. The molecule has 0 saturated heterocycles. The van der Waals surface area contributed by atoms with Gasteiger partial charge in [0.15, 0.2) is 0 Å². The molecule has 5 heteroatoms. The van der Waals surface area contributed by atoms with Crippen molar-refractivity contribution >= 4 is 0 Å². The standard InChI is InChI=1S/C12H17F2NO2/c1-12(2,7-16)10(15)8-3-5-9(6-4-8)17-11(13)14/h3-6,10-11,16H,7,15H2,1-2H3/t10-/m1/s1. The Morgan fingerprint density at radius 2 is 1.82 bits per heavy atom. The Balaban J connectivity index is 2.80. The first-order chi connectivity index (χ1) is 7.86. The third-order valence-corrected chi connectivity index (χ3v) is 2.71. The third kappa shape index (κ3) is 3.64. The normalized spacial score (nSPS) is 13.8. The molecule has 0 saturated carbocycles. The van der Waals surface area contributed by atoms with E-state index in [4.69, 9.17) is 5.73 Å². The zero-order valence-corrected chi connectivity index (χ0v) is 9.86. The maximum absolute atomic E-state index is 11.9. The van der Waals surface area contributed by atoms with Gasteiger partial charge in [-0.2, -0.15) is 8.78 Å². The Morgan fingerprint density at radius 3 is 2.24 bits per heavy atom. The first-order valence-electron chi connectivity index (χ1n) is 5.28. The summed E-state index contributed by atoms with van der Waals surface area (Å²) in [6.07, 6.45) is 0. The Kier molecular flexibility index (Phi) is 4.42. The number of aliphatic hydroxyl groups is 1. The fourth-order valence-electron chi connectivity index (χ4n) is 1.41. The molecule has 1 aromatic carbocycles. The SMILES string of the molecule is CC(C)(CO)[C@H](N)c1ccc(OC(F)F)cc1. The molecule has 0 radical (unpaired) electrons. The van der Waals surface area contributed by atoms with E-state index >= 15 is 0 Å². The topological polar surface area (TPSA) is 55.5 Å². The van der Waals surface area contributed by atoms with Gasteiger partial charge in [-0.1, -0.05) is 26.0 Å². The van der Waals surface area contributed by atoms with E-state index in [1.807, 2.05) is 13.8 Å². The van der Waals surface area contributed by atoms with Crippen LogP contribution in [0.25, 0.3) is 0 Å². The maximum atomic E-state index is 11.9. The fourth-order valence-corrected chi connectivity index (χ4v) is 1.41. The number of ether oxygens (including phenoxy) is 1. The van der Waals surface area contributed by atoms with Gasteiger partial charge in [-0.15, -0.1) is 0 Å². The first-order valence-corrected chi connectivity index (χ1v) is 5.28. The van der Waals surface area contributed by atoms with E-state index in [0.29, 0.717) is 0 Å². The molecular formula is C12H17F2NO2. The molecule has 3 N–H and O–H groups in total. The highest BCUT2D eigenvalue weighted by Gasteiger charge is 2.26. The molecule has 1 rings (SSSR count). The monoisotopic (exact) mass is 245 g/mol. The molecule has 0 heterocycles. The number of hydrogen-bond acceptors (Lipinski definition) is 3. The van der Waals surface area contributed by atoms with Crippen LogP contribution in [0.2, 0.25) is 0 Å². The lowest BCUT2D eigenvalue weighted by molar-refractivity contribution is -0.0498. The molecule has 17 heavy (non-hydrogen) atoms. The van der Waals surface area contributed by atoms with Crippen molar-refractivity contribution in [1.29, 1.82) is 0 Å². The highest BCUT2D eigenvalue weighted by Crippen LogP contribution is 2.31. The third-order valence-electron chi connectivity index (χ3n) is 2.71. The molecule has 3 nitrogen and oxygen atoms in total. The van der Waals surface area contributed by atoms with E-state index < -0.39 is 12.0 Å². The minimum atomic E-state index is -2.83. The lowest BCUT2D eigenvalue weighted by atomic mass is 9.82. The van der Waals surface area contributed by atoms with Crippen molar-refractivity contribution in [2.45, 2.75) is 26.5 Å². The Morgan fingerprint density at radius 1 is 1.29 bits per heavy atom. The van der Waals surface area contributed by atoms with Gasteiger partial charge in [-0.3, -0.25) is 0 Å². The minimum absolute atomic E-state index is 0.0521. The van der Waals surface area contributed by atoms with Gasteiger partial charge < -0.3 is 15.6 Å². The second-order valence-electron chi connectivity index (χ2n) is 4.57. The molecule has 0 unspecified atom stereocenters. The number of halogens is 2. The molecule has 0 aliphatic heterocycles. The minimum Gasteiger partial charge on any atom is -0.435 e. The largest absolute Gasteiger partial charge is 0.435 e. The van der Waals surface area contributed by atoms with E-state index in [1.165, 1.54) is 12.1 Å². The van der Waals surface area contributed by atoms with E-state index in [0.717, 1.165) is 5.56 Å². The Labute approximate surface area is 99.2 Å². The lowest BCUT2D eigenvalue weighted by Gasteiger charge is -2.29. The van der Waals surface area contributed by atoms with Gasteiger partial charge in [0.05, 0.1) is 0 Å². The average molecular weight is 245 g/mol. The lowest BCUT2D eigenvalue weighted by Crippen LogP contribution is -2.32. The number of rotatable bonds is 5. The summed E-state index contributed by atoms with van der Waals surface area (Å²) >= 11 is 0. The van der Waals surface area contributed by atoms with Crippen LogP contribution in [-0.2, 0) is 0 Å². The Bertz CT molecular complexity index is 352. The van der Waals surface area contributed by atoms with Crippen molar-refractivity contribution in [3.63, 3.8) is 0 Å². The van der Waals surface area contributed by atoms with E-state index in [1.54, 1.807) is 12.1 Å². The number of alkyl halides is 2. The molecule has 1 aromatic rings. The van der Waals surface area contributed by atoms with Gasteiger partial charge in [0.2, 0.25) is 0 Å². The van der Waals surface area contributed by atoms with Crippen molar-refractivity contribution in [3.05, 3.63) is 29.8 Å². The quantitative estimate of drug-likeness (QED) is 0.837. The van der Waals surface area contributed by atoms with Crippen LogP contribution in [0.15, 0.2) is 24.3 Å². The van der Waals surface area contributed by atoms with Crippen LogP contribution in [0.3, 0.4) is 0 Å². The van der Waals surface area contributed by atoms with E-state index in [9.17, 15) is 13.9 Å². The van der Waals surface area contributed by atoms with Gasteiger partial charge in [0, 0.05) is 18.1 Å². The summed E-state index contributed by atoms with van der Waals surface area (Å²) in [5, 5.41) is 9.20. The van der Waals surface area contributed by atoms with Crippen LogP contribution in [0.5, 0.6) is 5.75 Å². The maximum Gasteiger partial charge on any atom is 0.387 e. The average Bonchev–Trinajstić information content (AvgIpc) is 2.28. The highest BCUT2D eigenvalue weighted by atomic mass is 19.3. The number of aliphatic hydroxyl groups excluding tert-OH is 1. The second-order valence-corrected chi connectivity index (χ2v) is 4.57. The van der Waals surface area contributed by atoms with Gasteiger partial charge in [-0.05, 0) is 17.7 Å². The molecular weight excluding hydrogens is 228 g/mol. The van der Waals surface area contributed by atoms with Crippen molar-refractivity contribution < 1.29 is 18.6 Å². The van der Waals surface area contributed by atoms with Crippen LogP contribution >= 0.6 is 0 Å². The summed E-state index contributed by atoms with van der Waals surface area (Å²) in [7, 11) is 0. The van der Waals surface area contributed by atoms with E-state index in [-0.39, 0.29) is 18.4 Å². The molecule has 1 atom stereocenters. The van der Waals surface area contributed by atoms with Crippen LogP contribution in [0.1, 0.15) is 25.5 Å². The summed E-state index contributed by atoms with van der Waals surface area (Å²) in [5.74, 6) is 0.0951. The Hall–Kier alpha value is -1.20. The van der Waals surface area contributed by atoms with Gasteiger partial charge in [-0.25, -0.2) is 0 Å².